The third-order valence-corrected chi connectivity index (χ3v) is 2.32. The molecular formula is C9H17N. The van der Waals surface area contributed by atoms with Gasteiger partial charge in [0.1, 0.15) is 0 Å². The first kappa shape index (κ1) is 7.80. The standard InChI is InChI=1S/C9H17N/c1-4-9-5-6-10(7-9)8(2)3/h4,8-9H,1,5-7H2,2-3H3. The molecule has 1 rings (SSSR count). The van der Waals surface area contributed by atoms with Crippen LogP contribution in [0.2, 0.25) is 0 Å². The van der Waals surface area contributed by atoms with Crippen LogP contribution in [0.1, 0.15) is 20.3 Å². The second kappa shape index (κ2) is 3.20. The van der Waals surface area contributed by atoms with Gasteiger partial charge in [0.25, 0.3) is 0 Å². The van der Waals surface area contributed by atoms with Crippen LogP contribution in [0.4, 0.5) is 0 Å². The van der Waals surface area contributed by atoms with Gasteiger partial charge in [0.05, 0.1) is 0 Å². The lowest BCUT2D eigenvalue weighted by atomic mass is 10.1. The summed E-state index contributed by atoms with van der Waals surface area (Å²) in [5.74, 6) is 0.752. The summed E-state index contributed by atoms with van der Waals surface area (Å²) in [4.78, 5) is 2.51. The number of hydrogen-bond donors (Lipinski definition) is 0. The highest BCUT2D eigenvalue weighted by atomic mass is 15.2. The van der Waals surface area contributed by atoms with Crippen molar-refractivity contribution in [3.8, 4) is 0 Å². The van der Waals surface area contributed by atoms with Crippen molar-refractivity contribution in [2.75, 3.05) is 13.1 Å². The zero-order chi connectivity index (χ0) is 7.56. The third kappa shape index (κ3) is 1.60. The summed E-state index contributed by atoms with van der Waals surface area (Å²) in [6.45, 7) is 10.8. The Bertz CT molecular complexity index is 118. The van der Waals surface area contributed by atoms with Gasteiger partial charge in [-0.1, -0.05) is 6.08 Å². The highest BCUT2D eigenvalue weighted by Gasteiger charge is 2.21. The molecule has 0 radical (unpaired) electrons. The molecule has 10 heavy (non-hydrogen) atoms. The third-order valence-electron chi connectivity index (χ3n) is 2.32. The molecule has 1 aliphatic rings. The summed E-state index contributed by atoms with van der Waals surface area (Å²) >= 11 is 0. The Morgan fingerprint density at radius 3 is 2.60 bits per heavy atom. The SMILES string of the molecule is C=CC1CCN(C(C)C)C1. The number of likely N-dealkylation sites (tertiary alicyclic amines) is 1. The van der Waals surface area contributed by atoms with Gasteiger partial charge in [0.2, 0.25) is 0 Å². The van der Waals surface area contributed by atoms with Crippen molar-refractivity contribution in [3.05, 3.63) is 12.7 Å². The maximum atomic E-state index is 3.81. The van der Waals surface area contributed by atoms with Gasteiger partial charge in [-0.05, 0) is 32.7 Å². The Morgan fingerprint density at radius 1 is 1.60 bits per heavy atom. The molecule has 0 aliphatic carbocycles. The first-order valence-electron chi connectivity index (χ1n) is 4.10. The second-order valence-corrected chi connectivity index (χ2v) is 3.37. The lowest BCUT2D eigenvalue weighted by Gasteiger charge is -2.19. The van der Waals surface area contributed by atoms with Crippen LogP contribution in [0.25, 0.3) is 0 Å². The molecule has 1 saturated heterocycles. The van der Waals surface area contributed by atoms with Gasteiger partial charge in [-0.15, -0.1) is 6.58 Å². The monoisotopic (exact) mass is 139 g/mol. The van der Waals surface area contributed by atoms with Crippen LogP contribution in [0.5, 0.6) is 0 Å². The van der Waals surface area contributed by atoms with Gasteiger partial charge >= 0.3 is 0 Å². The van der Waals surface area contributed by atoms with E-state index in [0.29, 0.717) is 6.04 Å². The van der Waals surface area contributed by atoms with E-state index in [0.717, 1.165) is 5.92 Å². The lowest BCUT2D eigenvalue weighted by Crippen LogP contribution is -2.27. The molecule has 0 amide bonds. The van der Waals surface area contributed by atoms with Crippen LogP contribution >= 0.6 is 0 Å². The van der Waals surface area contributed by atoms with Crippen molar-refractivity contribution < 1.29 is 0 Å². The molecule has 1 aliphatic heterocycles. The minimum atomic E-state index is 0.713. The molecule has 0 saturated carbocycles. The van der Waals surface area contributed by atoms with Crippen molar-refractivity contribution in [2.24, 2.45) is 5.92 Å². The molecule has 1 heterocycles. The van der Waals surface area contributed by atoms with Crippen LogP contribution in [0.15, 0.2) is 12.7 Å². The van der Waals surface area contributed by atoms with Crippen LogP contribution in [-0.4, -0.2) is 24.0 Å². The van der Waals surface area contributed by atoms with Crippen LogP contribution in [0.3, 0.4) is 0 Å². The average molecular weight is 139 g/mol. The Hall–Kier alpha value is -0.300. The number of hydrogen-bond acceptors (Lipinski definition) is 1. The van der Waals surface area contributed by atoms with Crippen molar-refractivity contribution in [3.63, 3.8) is 0 Å². The fraction of sp³-hybridized carbons (Fsp3) is 0.778. The van der Waals surface area contributed by atoms with Crippen LogP contribution < -0.4 is 0 Å². The van der Waals surface area contributed by atoms with Crippen molar-refractivity contribution in [2.45, 2.75) is 26.3 Å². The first-order valence-corrected chi connectivity index (χ1v) is 4.10. The van der Waals surface area contributed by atoms with Crippen molar-refractivity contribution in [1.29, 1.82) is 0 Å². The number of rotatable bonds is 2. The molecule has 1 nitrogen and oxygen atoms in total. The molecule has 1 heteroatoms. The molecule has 0 aromatic rings. The molecule has 0 N–H and O–H groups in total. The predicted molar refractivity (Wildman–Crippen MR) is 45.0 cm³/mol. The Labute approximate surface area is 63.7 Å². The van der Waals surface area contributed by atoms with Crippen molar-refractivity contribution >= 4 is 0 Å². The molecule has 1 fully saturated rings. The zero-order valence-corrected chi connectivity index (χ0v) is 7.01. The summed E-state index contributed by atoms with van der Waals surface area (Å²) in [6.07, 6.45) is 3.39. The van der Waals surface area contributed by atoms with E-state index in [9.17, 15) is 0 Å². The summed E-state index contributed by atoms with van der Waals surface area (Å²) in [5.41, 5.74) is 0. The summed E-state index contributed by atoms with van der Waals surface area (Å²) in [5, 5.41) is 0. The van der Waals surface area contributed by atoms with Gasteiger partial charge in [-0.3, -0.25) is 0 Å². The van der Waals surface area contributed by atoms with Gasteiger partial charge in [-0.2, -0.15) is 0 Å². The molecule has 0 spiro atoms. The van der Waals surface area contributed by atoms with Gasteiger partial charge in [0.15, 0.2) is 0 Å². The highest BCUT2D eigenvalue weighted by molar-refractivity contribution is 4.88. The fourth-order valence-electron chi connectivity index (χ4n) is 1.48. The van der Waals surface area contributed by atoms with E-state index in [1.54, 1.807) is 0 Å². The van der Waals surface area contributed by atoms with E-state index < -0.39 is 0 Å². The Morgan fingerprint density at radius 2 is 2.30 bits per heavy atom. The van der Waals surface area contributed by atoms with E-state index in [-0.39, 0.29) is 0 Å². The smallest absolute Gasteiger partial charge is 0.00474 e. The van der Waals surface area contributed by atoms with Gasteiger partial charge in [-0.25, -0.2) is 0 Å². The molecule has 1 atom stereocenters. The zero-order valence-electron chi connectivity index (χ0n) is 7.01. The van der Waals surface area contributed by atoms with E-state index >= 15 is 0 Å². The maximum Gasteiger partial charge on any atom is 0.00474 e. The predicted octanol–water partition coefficient (Wildman–Crippen LogP) is 1.90. The molecule has 0 aromatic heterocycles. The molecule has 0 bridgehead atoms. The van der Waals surface area contributed by atoms with Crippen LogP contribution in [-0.2, 0) is 0 Å². The normalized spacial score (nSPS) is 27.7. The summed E-state index contributed by atoms with van der Waals surface area (Å²) in [7, 11) is 0. The Kier molecular flexibility index (Phi) is 2.50. The van der Waals surface area contributed by atoms with E-state index in [4.69, 9.17) is 0 Å². The van der Waals surface area contributed by atoms with E-state index in [1.165, 1.54) is 19.5 Å². The van der Waals surface area contributed by atoms with E-state index in [2.05, 4.69) is 31.4 Å². The topological polar surface area (TPSA) is 3.24 Å². The fourth-order valence-corrected chi connectivity index (χ4v) is 1.48. The lowest BCUT2D eigenvalue weighted by molar-refractivity contribution is 0.270. The number of nitrogens with zero attached hydrogens (tertiary/aromatic N) is 1. The second-order valence-electron chi connectivity index (χ2n) is 3.37. The largest absolute Gasteiger partial charge is 0.300 e. The molecule has 1 unspecified atom stereocenters. The minimum Gasteiger partial charge on any atom is -0.300 e. The van der Waals surface area contributed by atoms with E-state index in [1.807, 2.05) is 0 Å². The van der Waals surface area contributed by atoms with Gasteiger partial charge in [0, 0.05) is 12.6 Å². The highest BCUT2D eigenvalue weighted by Crippen LogP contribution is 2.18. The quantitative estimate of drug-likeness (QED) is 0.528. The Balaban J connectivity index is 2.35. The average Bonchev–Trinajstić information content (AvgIpc) is 2.34. The maximum absolute atomic E-state index is 3.81. The van der Waals surface area contributed by atoms with Crippen LogP contribution in [0, 0.1) is 5.92 Å². The molecular weight excluding hydrogens is 122 g/mol. The van der Waals surface area contributed by atoms with Gasteiger partial charge < -0.3 is 4.90 Å². The minimum absolute atomic E-state index is 0.713. The molecule has 58 valence electrons. The first-order chi connectivity index (χ1) is 4.74. The summed E-state index contributed by atoms with van der Waals surface area (Å²) < 4.78 is 0. The summed E-state index contributed by atoms with van der Waals surface area (Å²) in [6, 6.07) is 0.713. The van der Waals surface area contributed by atoms with Crippen molar-refractivity contribution in [1.82, 2.24) is 4.90 Å². The molecule has 0 aromatic carbocycles.